The monoisotopic (exact) mass is 354 g/mol. The van der Waals surface area contributed by atoms with E-state index in [1.54, 1.807) is 0 Å². The zero-order valence-electron chi connectivity index (χ0n) is 16.3. The van der Waals surface area contributed by atoms with Crippen LogP contribution in [-0.2, 0) is 15.6 Å². The Morgan fingerprint density at radius 1 is 1.15 bits per heavy atom. The summed E-state index contributed by atoms with van der Waals surface area (Å²) in [5.41, 5.74) is 2.10. The number of carbonyl (C=O) groups is 1. The fourth-order valence-corrected chi connectivity index (χ4v) is 3.92. The summed E-state index contributed by atoms with van der Waals surface area (Å²) in [6.07, 6.45) is 6.65. The third-order valence-corrected chi connectivity index (χ3v) is 5.64. The maximum absolute atomic E-state index is 13.3. The quantitative estimate of drug-likeness (QED) is 0.865. The summed E-state index contributed by atoms with van der Waals surface area (Å²) in [6.45, 7) is 8.58. The van der Waals surface area contributed by atoms with Crippen LogP contribution in [0.2, 0.25) is 0 Å². The third kappa shape index (κ3) is 3.67. The van der Waals surface area contributed by atoms with Crippen LogP contribution in [0.4, 0.5) is 0 Å². The second-order valence-electron chi connectivity index (χ2n) is 8.54. The lowest BCUT2D eigenvalue weighted by Crippen LogP contribution is -2.46. The minimum Gasteiger partial charge on any atom is -0.346 e. The molecule has 5 heteroatoms. The number of rotatable bonds is 4. The summed E-state index contributed by atoms with van der Waals surface area (Å²) >= 11 is 0. The second kappa shape index (κ2) is 7.22. The number of amides is 1. The van der Waals surface area contributed by atoms with Gasteiger partial charge in [0, 0.05) is 0 Å². The number of hydrogen-bond acceptors (Lipinski definition) is 3. The SMILES string of the molecule is CC(NC(=O)C1(c2ccc(C(C)(C)C)cc2)CCCCC1)c1ncn[nH]1. The van der Waals surface area contributed by atoms with E-state index in [1.165, 1.54) is 18.3 Å². The normalized spacial score (nSPS) is 18.3. The summed E-state index contributed by atoms with van der Waals surface area (Å²) in [4.78, 5) is 17.5. The molecule has 0 aliphatic heterocycles. The first-order valence-electron chi connectivity index (χ1n) is 9.60. The van der Waals surface area contributed by atoms with Gasteiger partial charge in [-0.25, -0.2) is 4.98 Å². The lowest BCUT2D eigenvalue weighted by atomic mass is 9.68. The number of aromatic amines is 1. The van der Waals surface area contributed by atoms with Crippen LogP contribution >= 0.6 is 0 Å². The summed E-state index contributed by atoms with van der Waals surface area (Å²) in [6, 6.07) is 8.49. The minimum atomic E-state index is -0.442. The van der Waals surface area contributed by atoms with Crippen molar-refractivity contribution in [3.8, 4) is 0 Å². The van der Waals surface area contributed by atoms with Gasteiger partial charge in [-0.15, -0.1) is 0 Å². The predicted molar refractivity (Wildman–Crippen MR) is 103 cm³/mol. The van der Waals surface area contributed by atoms with Crippen LogP contribution in [0.3, 0.4) is 0 Å². The molecule has 3 rings (SSSR count). The van der Waals surface area contributed by atoms with Crippen molar-refractivity contribution < 1.29 is 4.79 Å². The zero-order chi connectivity index (χ0) is 18.8. The smallest absolute Gasteiger partial charge is 0.231 e. The molecule has 1 aliphatic carbocycles. The number of nitrogens with one attached hydrogen (secondary N) is 2. The van der Waals surface area contributed by atoms with Gasteiger partial charge in [-0.3, -0.25) is 9.89 Å². The first kappa shape index (κ1) is 18.6. The summed E-state index contributed by atoms with van der Waals surface area (Å²) in [7, 11) is 0. The molecule has 0 spiro atoms. The molecule has 1 amide bonds. The minimum absolute atomic E-state index is 0.101. The maximum atomic E-state index is 13.3. The molecule has 140 valence electrons. The van der Waals surface area contributed by atoms with Crippen molar-refractivity contribution in [2.75, 3.05) is 0 Å². The molecule has 1 aromatic heterocycles. The van der Waals surface area contributed by atoms with Crippen LogP contribution in [-0.4, -0.2) is 21.1 Å². The van der Waals surface area contributed by atoms with Crippen LogP contribution in [0.5, 0.6) is 0 Å². The molecular formula is C21H30N4O. The highest BCUT2D eigenvalue weighted by Crippen LogP contribution is 2.40. The van der Waals surface area contributed by atoms with Crippen LogP contribution < -0.4 is 5.32 Å². The first-order valence-corrected chi connectivity index (χ1v) is 9.60. The van der Waals surface area contributed by atoms with E-state index in [0.717, 1.165) is 31.2 Å². The van der Waals surface area contributed by atoms with E-state index in [-0.39, 0.29) is 17.4 Å². The Balaban J connectivity index is 1.87. The Bertz CT molecular complexity index is 722. The zero-order valence-corrected chi connectivity index (χ0v) is 16.3. The van der Waals surface area contributed by atoms with Gasteiger partial charge in [-0.2, -0.15) is 5.10 Å². The Labute approximate surface area is 156 Å². The molecule has 0 saturated heterocycles. The molecule has 2 aromatic rings. The molecule has 1 atom stereocenters. The predicted octanol–water partition coefficient (Wildman–Crippen LogP) is 4.18. The van der Waals surface area contributed by atoms with Gasteiger partial charge in [0.15, 0.2) is 0 Å². The van der Waals surface area contributed by atoms with Gasteiger partial charge >= 0.3 is 0 Å². The Hall–Kier alpha value is -2.17. The van der Waals surface area contributed by atoms with E-state index in [2.05, 4.69) is 65.5 Å². The Morgan fingerprint density at radius 3 is 2.35 bits per heavy atom. The van der Waals surface area contributed by atoms with E-state index < -0.39 is 5.41 Å². The molecule has 1 aromatic carbocycles. The molecule has 1 heterocycles. The average molecular weight is 354 g/mol. The molecule has 26 heavy (non-hydrogen) atoms. The molecule has 1 fully saturated rings. The molecule has 2 N–H and O–H groups in total. The fraction of sp³-hybridized carbons (Fsp3) is 0.571. The van der Waals surface area contributed by atoms with Crippen molar-refractivity contribution in [1.82, 2.24) is 20.5 Å². The standard InChI is InChI=1S/C21H30N4O/c1-15(18-22-14-23-25-18)24-19(26)21(12-6-5-7-13-21)17-10-8-16(9-11-17)20(2,3)4/h8-11,14-15H,5-7,12-13H2,1-4H3,(H,24,26)(H,22,23,25). The van der Waals surface area contributed by atoms with Crippen molar-refractivity contribution >= 4 is 5.91 Å². The van der Waals surface area contributed by atoms with E-state index in [0.29, 0.717) is 5.82 Å². The highest BCUT2D eigenvalue weighted by Gasteiger charge is 2.41. The van der Waals surface area contributed by atoms with E-state index in [4.69, 9.17) is 0 Å². The van der Waals surface area contributed by atoms with Crippen LogP contribution in [0.1, 0.15) is 82.8 Å². The number of nitrogens with zero attached hydrogens (tertiary/aromatic N) is 2. The van der Waals surface area contributed by atoms with E-state index in [9.17, 15) is 4.79 Å². The van der Waals surface area contributed by atoms with Crippen LogP contribution in [0.25, 0.3) is 0 Å². The van der Waals surface area contributed by atoms with Crippen LogP contribution in [0, 0.1) is 0 Å². The molecular weight excluding hydrogens is 324 g/mol. The highest BCUT2D eigenvalue weighted by molar-refractivity contribution is 5.88. The largest absolute Gasteiger partial charge is 0.346 e. The summed E-state index contributed by atoms with van der Waals surface area (Å²) in [5.74, 6) is 0.789. The van der Waals surface area contributed by atoms with Crippen molar-refractivity contribution in [3.05, 3.63) is 47.5 Å². The lowest BCUT2D eigenvalue weighted by Gasteiger charge is -2.37. The van der Waals surface area contributed by atoms with Gasteiger partial charge in [0.1, 0.15) is 12.2 Å². The molecule has 0 radical (unpaired) electrons. The number of benzene rings is 1. The van der Waals surface area contributed by atoms with Gasteiger partial charge in [0.25, 0.3) is 0 Å². The van der Waals surface area contributed by atoms with Gasteiger partial charge in [0.2, 0.25) is 5.91 Å². The van der Waals surface area contributed by atoms with Crippen molar-refractivity contribution in [1.29, 1.82) is 0 Å². The summed E-state index contributed by atoms with van der Waals surface area (Å²) < 4.78 is 0. The van der Waals surface area contributed by atoms with Crippen LogP contribution in [0.15, 0.2) is 30.6 Å². The molecule has 1 unspecified atom stereocenters. The van der Waals surface area contributed by atoms with Crippen molar-refractivity contribution in [2.45, 2.75) is 76.7 Å². The van der Waals surface area contributed by atoms with Crippen molar-refractivity contribution in [3.63, 3.8) is 0 Å². The number of hydrogen-bond donors (Lipinski definition) is 2. The Kier molecular flexibility index (Phi) is 5.17. The summed E-state index contributed by atoms with van der Waals surface area (Å²) in [5, 5.41) is 9.89. The van der Waals surface area contributed by atoms with E-state index >= 15 is 0 Å². The molecule has 5 nitrogen and oxygen atoms in total. The second-order valence-corrected chi connectivity index (χ2v) is 8.54. The topological polar surface area (TPSA) is 70.7 Å². The van der Waals surface area contributed by atoms with Gasteiger partial charge in [-0.1, -0.05) is 64.3 Å². The van der Waals surface area contributed by atoms with Crippen molar-refractivity contribution in [2.24, 2.45) is 0 Å². The Morgan fingerprint density at radius 2 is 1.81 bits per heavy atom. The number of aromatic nitrogens is 3. The van der Waals surface area contributed by atoms with Gasteiger partial charge < -0.3 is 5.32 Å². The van der Waals surface area contributed by atoms with Gasteiger partial charge in [0.05, 0.1) is 11.5 Å². The average Bonchev–Trinajstić information content (AvgIpc) is 3.16. The molecule has 1 saturated carbocycles. The number of H-pyrrole nitrogens is 1. The van der Waals surface area contributed by atoms with Gasteiger partial charge in [-0.05, 0) is 36.3 Å². The number of carbonyl (C=O) groups excluding carboxylic acids is 1. The highest BCUT2D eigenvalue weighted by atomic mass is 16.2. The fourth-order valence-electron chi connectivity index (χ4n) is 3.92. The molecule has 0 bridgehead atoms. The van der Waals surface area contributed by atoms with E-state index in [1.807, 2.05) is 6.92 Å². The molecule has 1 aliphatic rings. The maximum Gasteiger partial charge on any atom is 0.231 e. The lowest BCUT2D eigenvalue weighted by molar-refractivity contribution is -0.128. The first-order chi connectivity index (χ1) is 12.3. The third-order valence-electron chi connectivity index (χ3n) is 5.64.